The van der Waals surface area contributed by atoms with Crippen molar-refractivity contribution in [2.75, 3.05) is 20.2 Å². The minimum absolute atomic E-state index is 0.0221. The largest absolute Gasteiger partial charge is 0.497 e. The maximum Gasteiger partial charge on any atom is 0.240 e. The fourth-order valence-electron chi connectivity index (χ4n) is 10.3. The third-order valence-electron chi connectivity index (χ3n) is 14.1. The van der Waals surface area contributed by atoms with Crippen LogP contribution in [0.5, 0.6) is 11.5 Å². The third kappa shape index (κ3) is 8.81. The number of nitrogens with zero attached hydrogens (tertiary/aromatic N) is 3. The van der Waals surface area contributed by atoms with Crippen molar-refractivity contribution >= 4 is 44.4 Å². The van der Waals surface area contributed by atoms with E-state index in [0.717, 1.165) is 43.1 Å². The molecule has 2 aromatic carbocycles. The number of hydrogen-bond donors (Lipinski definition) is 1. The van der Waals surface area contributed by atoms with Gasteiger partial charge in [0, 0.05) is 54.9 Å². The van der Waals surface area contributed by atoms with Crippen molar-refractivity contribution in [3.8, 4) is 22.8 Å². The zero-order valence-corrected chi connectivity index (χ0v) is 36.8. The first kappa shape index (κ1) is 42.9. The van der Waals surface area contributed by atoms with E-state index >= 15 is 4.79 Å². The molecule has 0 radical (unpaired) electrons. The number of ketones is 1. The molecule has 1 aromatic heterocycles. The van der Waals surface area contributed by atoms with Gasteiger partial charge in [-0.1, -0.05) is 70.0 Å². The smallest absolute Gasteiger partial charge is 0.240 e. The van der Waals surface area contributed by atoms with Crippen LogP contribution in [0, 0.1) is 28.6 Å². The van der Waals surface area contributed by atoms with Gasteiger partial charge in [0.2, 0.25) is 27.7 Å². The van der Waals surface area contributed by atoms with E-state index in [4.69, 9.17) is 14.5 Å². The molecule has 326 valence electrons. The van der Waals surface area contributed by atoms with Crippen molar-refractivity contribution in [3.05, 3.63) is 67.3 Å². The maximum absolute atomic E-state index is 15.2. The van der Waals surface area contributed by atoms with Crippen LogP contribution in [-0.2, 0) is 29.2 Å². The summed E-state index contributed by atoms with van der Waals surface area (Å²) < 4.78 is 40.5. The number of amides is 3. The van der Waals surface area contributed by atoms with Crippen LogP contribution in [0.3, 0.4) is 0 Å². The number of carbonyl (C=O) groups excluding carboxylic acids is 4. The predicted octanol–water partition coefficient (Wildman–Crippen LogP) is 7.25. The number of benzene rings is 2. The average Bonchev–Trinajstić information content (AvgIpc) is 4.18. The molecule has 0 spiro atoms. The van der Waals surface area contributed by atoms with Gasteiger partial charge in [-0.25, -0.2) is 13.4 Å². The van der Waals surface area contributed by atoms with Crippen molar-refractivity contribution in [1.82, 2.24) is 19.5 Å². The summed E-state index contributed by atoms with van der Waals surface area (Å²) in [6.07, 6.45) is 8.60. The fraction of sp³-hybridized carbons (Fsp3) is 0.562. The molecule has 3 aliphatic carbocycles. The number of likely N-dealkylation sites (tertiary alicyclic amines) is 2. The highest BCUT2D eigenvalue weighted by atomic mass is 32.2. The number of fused-ring (bicyclic) bond motifs is 2. The summed E-state index contributed by atoms with van der Waals surface area (Å²) in [6.45, 7) is 10.5. The molecule has 7 atom stereocenters. The minimum Gasteiger partial charge on any atom is -0.497 e. The number of hydrogen-bond acceptors (Lipinski definition) is 9. The quantitative estimate of drug-likeness (QED) is 0.165. The summed E-state index contributed by atoms with van der Waals surface area (Å²) in [5.41, 5.74) is 0.292. The lowest BCUT2D eigenvalue weighted by atomic mass is 9.75. The van der Waals surface area contributed by atoms with Crippen molar-refractivity contribution in [1.29, 1.82) is 0 Å². The van der Waals surface area contributed by atoms with Gasteiger partial charge in [-0.05, 0) is 74.3 Å². The number of rotatable bonds is 14. The molecule has 0 bridgehead atoms. The van der Waals surface area contributed by atoms with E-state index in [0.29, 0.717) is 48.0 Å². The second-order valence-corrected chi connectivity index (χ2v) is 21.2. The minimum atomic E-state index is -3.86. The lowest BCUT2D eigenvalue weighted by molar-refractivity contribution is -0.150. The molecule has 3 aromatic rings. The van der Waals surface area contributed by atoms with E-state index in [1.54, 1.807) is 18.1 Å². The van der Waals surface area contributed by atoms with E-state index < -0.39 is 56.0 Å². The van der Waals surface area contributed by atoms with Crippen LogP contribution in [-0.4, -0.2) is 90.3 Å². The first-order valence-corrected chi connectivity index (χ1v) is 23.7. The monoisotopic (exact) mass is 852 g/mol. The van der Waals surface area contributed by atoms with Crippen molar-refractivity contribution < 1.29 is 37.1 Å². The van der Waals surface area contributed by atoms with E-state index in [1.807, 2.05) is 80.3 Å². The summed E-state index contributed by atoms with van der Waals surface area (Å²) in [6, 6.07) is 16.4. The summed E-state index contributed by atoms with van der Waals surface area (Å²) in [4.78, 5) is 66.6. The Morgan fingerprint density at radius 1 is 0.984 bits per heavy atom. The molecule has 3 saturated carbocycles. The molecule has 8 rings (SSSR count). The molecule has 5 aliphatic rings. The van der Waals surface area contributed by atoms with Crippen LogP contribution >= 0.6 is 0 Å². The van der Waals surface area contributed by atoms with E-state index in [1.165, 1.54) is 6.42 Å². The number of carbonyl (C=O) groups is 4. The van der Waals surface area contributed by atoms with Gasteiger partial charge in [0.25, 0.3) is 0 Å². The van der Waals surface area contributed by atoms with Crippen LogP contribution in [0.4, 0.5) is 0 Å². The average molecular weight is 853 g/mol. The zero-order chi connectivity index (χ0) is 43.3. The van der Waals surface area contributed by atoms with Gasteiger partial charge < -0.3 is 19.3 Å². The van der Waals surface area contributed by atoms with Gasteiger partial charge in [0.15, 0.2) is 5.78 Å². The van der Waals surface area contributed by atoms with Gasteiger partial charge in [-0.3, -0.25) is 23.9 Å². The van der Waals surface area contributed by atoms with Crippen LogP contribution in [0.2, 0.25) is 0 Å². The number of pyridine rings is 1. The zero-order valence-electron chi connectivity index (χ0n) is 35.9. The Morgan fingerprint density at radius 3 is 2.41 bits per heavy atom. The number of allylic oxidation sites excluding steroid dienone is 1. The Kier molecular flexibility index (Phi) is 11.8. The van der Waals surface area contributed by atoms with Crippen molar-refractivity contribution in [2.24, 2.45) is 28.6 Å². The van der Waals surface area contributed by atoms with Gasteiger partial charge in [-0.15, -0.1) is 6.58 Å². The maximum atomic E-state index is 15.2. The molecule has 1 N–H and O–H groups in total. The summed E-state index contributed by atoms with van der Waals surface area (Å²) in [5.74, 6) is -0.853. The number of nitrogens with one attached hydrogen (secondary N) is 1. The Balaban J connectivity index is 1.11. The first-order valence-electron chi connectivity index (χ1n) is 22.1. The molecule has 12 nitrogen and oxygen atoms in total. The second kappa shape index (κ2) is 16.8. The molecular weight excluding hydrogens is 793 g/mol. The number of methoxy groups -OCH3 is 1. The Bertz CT molecular complexity index is 2300. The second-order valence-electron chi connectivity index (χ2n) is 19.2. The number of aromatic nitrogens is 1. The first-order chi connectivity index (χ1) is 29.1. The summed E-state index contributed by atoms with van der Waals surface area (Å²) >= 11 is 0. The number of sulfonamides is 1. The lowest BCUT2D eigenvalue weighted by Gasteiger charge is -2.45. The highest BCUT2D eigenvalue weighted by Crippen LogP contribution is 2.57. The highest BCUT2D eigenvalue weighted by Gasteiger charge is 2.61. The molecule has 13 heteroatoms. The lowest BCUT2D eigenvalue weighted by Crippen LogP contribution is -2.52. The molecular formula is C48H60N4O8S. The molecule has 2 aliphatic heterocycles. The summed E-state index contributed by atoms with van der Waals surface area (Å²) in [7, 11) is -2.27. The van der Waals surface area contributed by atoms with E-state index in [9.17, 15) is 22.8 Å². The van der Waals surface area contributed by atoms with E-state index in [-0.39, 0.29) is 55.9 Å². The topological polar surface area (TPSA) is 152 Å². The highest BCUT2D eigenvalue weighted by molar-refractivity contribution is 7.90. The Labute approximate surface area is 359 Å². The Morgan fingerprint density at radius 2 is 1.72 bits per heavy atom. The van der Waals surface area contributed by atoms with Gasteiger partial charge >= 0.3 is 0 Å². The van der Waals surface area contributed by atoms with Gasteiger partial charge in [-0.2, -0.15) is 0 Å². The fourth-order valence-corrected chi connectivity index (χ4v) is 11.7. The molecule has 2 unspecified atom stereocenters. The summed E-state index contributed by atoms with van der Waals surface area (Å²) in [5, 5.41) is 0.123. The number of piperidine rings is 1. The number of ether oxygens (including phenoxy) is 2. The van der Waals surface area contributed by atoms with Crippen LogP contribution in [0.15, 0.2) is 67.3 Å². The Hall–Kier alpha value is -4.78. The standard InChI is InChI=1S/C48H60N4O8S/c1-6-32-27-48(32,46(56)50-61(57,58)35-19-20-35)28-42(53)41-24-34(60-43-26-38(30-13-8-7-9-14-30)49-39-23-33(59-5)18-21-36(39)43)29-52(41)45(55)37(47(2,3)4)25-44(54)51-22-12-16-31-15-10-11-17-40(31)51/h6-9,13-14,18,21,23,26,31-32,34-35,37,40-41H,1,10-12,15-17,19-20,22,24-25,27-29H2,2-5H3,(H,50,56)/t31?,32-,34-,37-,40?,41+,48-/m1/s1. The molecule has 61 heavy (non-hydrogen) atoms. The normalized spacial score (nSPS) is 26.9. The predicted molar refractivity (Wildman–Crippen MR) is 233 cm³/mol. The van der Waals surface area contributed by atoms with Crippen LogP contribution < -0.4 is 14.2 Å². The van der Waals surface area contributed by atoms with Crippen molar-refractivity contribution in [3.63, 3.8) is 0 Å². The van der Waals surface area contributed by atoms with Crippen LogP contribution in [0.1, 0.15) is 97.8 Å². The van der Waals surface area contributed by atoms with Crippen LogP contribution in [0.25, 0.3) is 22.2 Å². The van der Waals surface area contributed by atoms with Gasteiger partial charge in [0.05, 0.1) is 47.5 Å². The van der Waals surface area contributed by atoms with Crippen molar-refractivity contribution in [2.45, 2.75) is 121 Å². The molecule has 3 heterocycles. The van der Waals surface area contributed by atoms with E-state index in [2.05, 4.69) is 11.3 Å². The molecule has 3 amide bonds. The number of Topliss-reactive ketones (excluding diaryl/α,β-unsaturated/α-hetero) is 1. The molecule has 2 saturated heterocycles. The molecule has 5 fully saturated rings. The third-order valence-corrected chi connectivity index (χ3v) is 15.9. The SMILES string of the molecule is C=C[C@@H]1C[C@]1(CC(=O)[C@@H]1C[C@@H](Oc2cc(-c3ccccc3)nc3cc(OC)ccc23)CN1C(=O)[C@@H](CC(=O)N1CCCC2CCCCC21)C(C)(C)C)C(=O)NS(=O)(=O)C1CC1. The van der Waals surface area contributed by atoms with Gasteiger partial charge in [0.1, 0.15) is 17.6 Å².